The normalized spacial score (nSPS) is 13.0. The molecule has 0 N–H and O–H groups in total. The van der Waals surface area contributed by atoms with E-state index in [1.54, 1.807) is 0 Å². The largest absolute Gasteiger partial charge is 0.462 e. The Morgan fingerprint density at radius 1 is 0.296 bits per heavy atom. The molecule has 0 heterocycles. The number of esters is 3. The van der Waals surface area contributed by atoms with E-state index >= 15 is 0 Å². The van der Waals surface area contributed by atoms with Gasteiger partial charge in [-0.15, -0.1) is 0 Å². The minimum atomic E-state index is -0.811. The second-order valence-electron chi connectivity index (χ2n) is 18.8. The van der Waals surface area contributed by atoms with Gasteiger partial charge in [-0.2, -0.15) is 0 Å². The predicted molar refractivity (Wildman–Crippen MR) is 306 cm³/mol. The molecule has 0 saturated carbocycles. The zero-order chi connectivity index (χ0) is 51.4. The quantitative estimate of drug-likeness (QED) is 0.0261. The maximum absolute atomic E-state index is 12.9. The fraction of sp³-hybridized carbons (Fsp3) is 0.646. The van der Waals surface area contributed by atoms with Gasteiger partial charge in [0.15, 0.2) is 6.10 Å². The maximum atomic E-state index is 12.9. The van der Waals surface area contributed by atoms with Crippen LogP contribution in [0.4, 0.5) is 0 Å². The third-order valence-corrected chi connectivity index (χ3v) is 11.9. The molecule has 71 heavy (non-hydrogen) atoms. The third kappa shape index (κ3) is 56.6. The van der Waals surface area contributed by atoms with Crippen LogP contribution in [0.5, 0.6) is 0 Å². The Morgan fingerprint density at radius 2 is 0.549 bits per heavy atom. The molecule has 0 aliphatic heterocycles. The van der Waals surface area contributed by atoms with Gasteiger partial charge in [-0.25, -0.2) is 0 Å². The zero-order valence-electron chi connectivity index (χ0n) is 45.9. The van der Waals surface area contributed by atoms with E-state index in [4.69, 9.17) is 14.2 Å². The Kier molecular flexibility index (Phi) is 54.9. The lowest BCUT2D eigenvalue weighted by molar-refractivity contribution is -0.167. The van der Waals surface area contributed by atoms with Crippen LogP contribution in [0.3, 0.4) is 0 Å². The maximum Gasteiger partial charge on any atom is 0.306 e. The van der Waals surface area contributed by atoms with Gasteiger partial charge < -0.3 is 14.2 Å². The first-order valence-electron chi connectivity index (χ1n) is 29.0. The summed E-state index contributed by atoms with van der Waals surface area (Å²) in [7, 11) is 0. The summed E-state index contributed by atoms with van der Waals surface area (Å²) in [6.07, 6.45) is 80.4. The van der Waals surface area contributed by atoms with Crippen molar-refractivity contribution in [2.24, 2.45) is 0 Å². The number of rotatable bonds is 51. The molecular weight excluding hydrogens is 877 g/mol. The van der Waals surface area contributed by atoms with Gasteiger partial charge in [-0.05, 0) is 128 Å². The summed E-state index contributed by atoms with van der Waals surface area (Å²) < 4.78 is 16.8. The van der Waals surface area contributed by atoms with Gasteiger partial charge in [-0.1, -0.05) is 226 Å². The fourth-order valence-corrected chi connectivity index (χ4v) is 7.63. The fourth-order valence-electron chi connectivity index (χ4n) is 7.63. The average Bonchev–Trinajstić information content (AvgIpc) is 3.37. The molecule has 0 amide bonds. The van der Waals surface area contributed by atoms with Gasteiger partial charge >= 0.3 is 17.9 Å². The molecule has 0 aliphatic carbocycles. The van der Waals surface area contributed by atoms with E-state index in [1.807, 2.05) is 0 Å². The van der Waals surface area contributed by atoms with Crippen LogP contribution in [0, 0.1) is 0 Å². The lowest BCUT2D eigenvalue weighted by Crippen LogP contribution is -2.30. The standard InChI is InChI=1S/C65H106O6/c1-4-7-10-13-16-19-22-25-28-31-32-35-37-40-43-46-49-52-55-58-64(67)70-61-62(71-65(68)59-56-53-50-47-44-41-38-34-30-27-24-21-18-15-12-9-6-3)60-69-63(66)57-54-51-48-45-42-39-36-33-29-26-23-20-17-14-11-8-5-2/h7,9-10,12,16,18-19,21,25-30,32,35,38,40-41,43,62H,4-6,8,11,13-15,17,20,22-24,31,33-34,36-37,39,42,44-61H2,1-3H3/b10-7-,12-9-,19-16-,21-18-,28-25-,29-26-,30-27-,35-32-,41-38-,43-40-. The highest BCUT2D eigenvalue weighted by Gasteiger charge is 2.19. The van der Waals surface area contributed by atoms with Crippen molar-refractivity contribution in [1.82, 2.24) is 0 Å². The van der Waals surface area contributed by atoms with Crippen molar-refractivity contribution in [3.8, 4) is 0 Å². The van der Waals surface area contributed by atoms with Crippen LogP contribution in [0.2, 0.25) is 0 Å². The number of ether oxygens (including phenoxy) is 3. The van der Waals surface area contributed by atoms with E-state index < -0.39 is 6.10 Å². The van der Waals surface area contributed by atoms with Crippen molar-refractivity contribution in [1.29, 1.82) is 0 Å². The van der Waals surface area contributed by atoms with Gasteiger partial charge in [-0.3, -0.25) is 14.4 Å². The minimum Gasteiger partial charge on any atom is -0.462 e. The van der Waals surface area contributed by atoms with Gasteiger partial charge in [0.1, 0.15) is 13.2 Å². The molecule has 1 atom stereocenters. The summed E-state index contributed by atoms with van der Waals surface area (Å²) in [6.45, 7) is 6.36. The van der Waals surface area contributed by atoms with Crippen LogP contribution >= 0.6 is 0 Å². The van der Waals surface area contributed by atoms with Gasteiger partial charge in [0.05, 0.1) is 0 Å². The zero-order valence-corrected chi connectivity index (χ0v) is 45.9. The summed E-state index contributed by atoms with van der Waals surface area (Å²) >= 11 is 0. The Labute approximate surface area is 437 Å². The van der Waals surface area contributed by atoms with Crippen LogP contribution in [0.15, 0.2) is 122 Å². The summed E-state index contributed by atoms with van der Waals surface area (Å²) in [6, 6.07) is 0. The van der Waals surface area contributed by atoms with E-state index in [1.165, 1.54) is 77.0 Å². The predicted octanol–water partition coefficient (Wildman–Crippen LogP) is 19.6. The molecule has 0 saturated heterocycles. The van der Waals surface area contributed by atoms with Gasteiger partial charge in [0, 0.05) is 19.3 Å². The molecule has 6 heteroatoms. The average molecular weight is 984 g/mol. The Balaban J connectivity index is 4.51. The lowest BCUT2D eigenvalue weighted by Gasteiger charge is -2.18. The number of carbonyl (C=O) groups is 3. The molecule has 1 unspecified atom stereocenters. The molecule has 0 aromatic rings. The Hall–Kier alpha value is -4.19. The molecule has 0 bridgehead atoms. The number of hydrogen-bond donors (Lipinski definition) is 0. The summed E-state index contributed by atoms with van der Waals surface area (Å²) in [5.74, 6) is -0.966. The molecule has 0 aliphatic rings. The van der Waals surface area contributed by atoms with E-state index in [0.717, 1.165) is 135 Å². The second-order valence-corrected chi connectivity index (χ2v) is 18.8. The molecule has 0 aromatic carbocycles. The molecular formula is C65H106O6. The summed E-state index contributed by atoms with van der Waals surface area (Å²) in [4.78, 5) is 38.2. The Bertz CT molecular complexity index is 1500. The molecule has 0 spiro atoms. The van der Waals surface area contributed by atoms with Crippen molar-refractivity contribution in [3.63, 3.8) is 0 Å². The van der Waals surface area contributed by atoms with E-state index in [0.29, 0.717) is 12.8 Å². The molecule has 0 aromatic heterocycles. The number of carbonyl (C=O) groups excluding carboxylic acids is 3. The van der Waals surface area contributed by atoms with Crippen molar-refractivity contribution in [2.75, 3.05) is 13.2 Å². The summed E-state index contributed by atoms with van der Waals surface area (Å²) in [5, 5.41) is 0. The minimum absolute atomic E-state index is 0.104. The number of allylic oxidation sites excluding steroid dienone is 20. The first-order chi connectivity index (χ1) is 35.0. The number of hydrogen-bond acceptors (Lipinski definition) is 6. The molecule has 6 nitrogen and oxygen atoms in total. The first-order valence-corrected chi connectivity index (χ1v) is 29.0. The smallest absolute Gasteiger partial charge is 0.306 e. The third-order valence-electron chi connectivity index (χ3n) is 11.9. The highest BCUT2D eigenvalue weighted by atomic mass is 16.6. The van der Waals surface area contributed by atoms with Crippen molar-refractivity contribution in [3.05, 3.63) is 122 Å². The topological polar surface area (TPSA) is 78.9 Å². The number of unbranched alkanes of at least 4 members (excludes halogenated alkanes) is 20. The molecule has 402 valence electrons. The summed E-state index contributed by atoms with van der Waals surface area (Å²) in [5.41, 5.74) is 0. The van der Waals surface area contributed by atoms with Crippen molar-refractivity contribution >= 4 is 17.9 Å². The van der Waals surface area contributed by atoms with E-state index in [9.17, 15) is 14.4 Å². The second kappa shape index (κ2) is 58.4. The van der Waals surface area contributed by atoms with Crippen molar-refractivity contribution in [2.45, 2.75) is 258 Å². The first kappa shape index (κ1) is 66.8. The van der Waals surface area contributed by atoms with Gasteiger partial charge in [0.25, 0.3) is 0 Å². The lowest BCUT2D eigenvalue weighted by atomic mass is 10.1. The highest BCUT2D eigenvalue weighted by molar-refractivity contribution is 5.71. The van der Waals surface area contributed by atoms with Crippen LogP contribution in [0.25, 0.3) is 0 Å². The molecule has 0 rings (SSSR count). The molecule has 0 radical (unpaired) electrons. The highest BCUT2D eigenvalue weighted by Crippen LogP contribution is 2.14. The molecule has 0 fully saturated rings. The Morgan fingerprint density at radius 3 is 0.887 bits per heavy atom. The van der Waals surface area contributed by atoms with Crippen LogP contribution in [0.1, 0.15) is 252 Å². The van der Waals surface area contributed by atoms with Gasteiger partial charge in [0.2, 0.25) is 0 Å². The van der Waals surface area contributed by atoms with E-state index in [2.05, 4.69) is 142 Å². The van der Waals surface area contributed by atoms with Crippen LogP contribution in [-0.4, -0.2) is 37.2 Å². The monoisotopic (exact) mass is 983 g/mol. The van der Waals surface area contributed by atoms with E-state index in [-0.39, 0.29) is 37.5 Å². The van der Waals surface area contributed by atoms with Crippen LogP contribution in [-0.2, 0) is 28.6 Å². The van der Waals surface area contributed by atoms with Crippen molar-refractivity contribution < 1.29 is 28.6 Å². The SMILES string of the molecule is CC/C=C\C/C=C\C/C=C\C/C=C\C/C=C\CCCCCC(=O)OCC(COC(=O)CCCCCCCCC/C=C\CCCCCCCC)OC(=O)CCCCCC/C=C\C/C=C\C/C=C\C/C=C\CC. The van der Waals surface area contributed by atoms with Crippen LogP contribution < -0.4 is 0 Å².